The Morgan fingerprint density at radius 3 is 3.08 bits per heavy atom. The van der Waals surface area contributed by atoms with Gasteiger partial charge in [-0.05, 0) is 0 Å². The molecule has 0 aliphatic rings. The summed E-state index contributed by atoms with van der Waals surface area (Å²) in [5.41, 5.74) is 0. The third-order valence-corrected chi connectivity index (χ3v) is 2.45. The molecule has 5 nitrogen and oxygen atoms in total. The second-order valence-corrected chi connectivity index (χ2v) is 3.66. The molecule has 0 fully saturated rings. The molecule has 0 radical (unpaired) electrons. The van der Waals surface area contributed by atoms with Crippen LogP contribution in [0.15, 0.2) is 6.33 Å². The predicted octanol–water partition coefficient (Wildman–Crippen LogP) is 0.523. The molecule has 6 heteroatoms. The lowest BCUT2D eigenvalue weighted by atomic mass is 10.5. The van der Waals surface area contributed by atoms with Crippen LogP contribution in [0.5, 0.6) is 0 Å². The summed E-state index contributed by atoms with van der Waals surface area (Å²) in [6, 6.07) is 0. The zero-order valence-corrected chi connectivity index (χ0v) is 8.12. The number of carboxylic acid groups (broad SMARTS) is 1. The number of aromatic nitrogens is 3. The number of nitrogens with zero attached hydrogens (tertiary/aromatic N) is 3. The topological polar surface area (TPSA) is 68.0 Å². The maximum absolute atomic E-state index is 10.2. The lowest BCUT2D eigenvalue weighted by molar-refractivity contribution is -0.136. The number of carbonyl (C=O) groups is 1. The number of hydrogen-bond donors (Lipinski definition) is 1. The summed E-state index contributed by atoms with van der Waals surface area (Å²) in [4.78, 5) is 10.2. The molecule has 1 N–H and O–H groups in total. The molecule has 72 valence electrons. The first-order valence-corrected chi connectivity index (χ1v) is 4.98. The number of thioether (sulfide) groups is 1. The van der Waals surface area contributed by atoms with Crippen LogP contribution in [-0.4, -0.2) is 31.6 Å². The molecule has 1 rings (SSSR count). The minimum absolute atomic E-state index is 0.197. The zero-order valence-electron chi connectivity index (χ0n) is 7.30. The fraction of sp³-hybridized carbons (Fsp3) is 0.571. The summed E-state index contributed by atoms with van der Waals surface area (Å²) >= 11 is 1.55. The van der Waals surface area contributed by atoms with Crippen LogP contribution < -0.4 is 0 Å². The molecule has 13 heavy (non-hydrogen) atoms. The van der Waals surface area contributed by atoms with Crippen molar-refractivity contribution < 1.29 is 9.90 Å². The van der Waals surface area contributed by atoms with Crippen molar-refractivity contribution in [2.24, 2.45) is 7.05 Å². The minimum Gasteiger partial charge on any atom is -0.481 e. The number of aryl methyl sites for hydroxylation is 1. The smallest absolute Gasteiger partial charge is 0.304 e. The van der Waals surface area contributed by atoms with E-state index >= 15 is 0 Å². The van der Waals surface area contributed by atoms with Gasteiger partial charge < -0.3 is 9.67 Å². The largest absolute Gasteiger partial charge is 0.481 e. The molecule has 0 unspecified atom stereocenters. The van der Waals surface area contributed by atoms with Crippen LogP contribution in [0.4, 0.5) is 0 Å². The van der Waals surface area contributed by atoms with E-state index in [-0.39, 0.29) is 6.42 Å². The molecule has 0 aliphatic heterocycles. The number of rotatable bonds is 5. The second kappa shape index (κ2) is 4.86. The third kappa shape index (κ3) is 3.45. The van der Waals surface area contributed by atoms with Crippen molar-refractivity contribution in [3.63, 3.8) is 0 Å². The van der Waals surface area contributed by atoms with Crippen molar-refractivity contribution in [1.29, 1.82) is 0 Å². The Balaban J connectivity index is 2.20. The Labute approximate surface area is 80.2 Å². The standard InChI is InChI=1S/C7H11N3O2S/c1-10-5-8-9-6(10)4-13-3-2-7(11)12/h5H,2-4H2,1H3,(H,11,12). The molecule has 0 spiro atoms. The fourth-order valence-corrected chi connectivity index (χ4v) is 1.67. The third-order valence-electron chi connectivity index (χ3n) is 1.50. The van der Waals surface area contributed by atoms with Crippen LogP contribution in [0, 0.1) is 0 Å². The fourth-order valence-electron chi connectivity index (χ4n) is 0.761. The highest BCUT2D eigenvalue weighted by Gasteiger charge is 2.01. The highest BCUT2D eigenvalue weighted by molar-refractivity contribution is 7.98. The van der Waals surface area contributed by atoms with Crippen molar-refractivity contribution in [1.82, 2.24) is 14.8 Å². The van der Waals surface area contributed by atoms with Gasteiger partial charge in [0.15, 0.2) is 0 Å². The molecule has 0 aromatic carbocycles. The number of hydrogen-bond acceptors (Lipinski definition) is 4. The first kappa shape index (κ1) is 10.0. The Kier molecular flexibility index (Phi) is 3.75. The van der Waals surface area contributed by atoms with Gasteiger partial charge in [0.25, 0.3) is 0 Å². The van der Waals surface area contributed by atoms with Crippen LogP contribution in [-0.2, 0) is 17.6 Å². The molecule has 1 aromatic rings. The monoisotopic (exact) mass is 201 g/mol. The van der Waals surface area contributed by atoms with Crippen LogP contribution >= 0.6 is 11.8 Å². The molecule has 0 saturated heterocycles. The maximum Gasteiger partial charge on any atom is 0.304 e. The zero-order chi connectivity index (χ0) is 9.68. The van der Waals surface area contributed by atoms with E-state index in [1.54, 1.807) is 18.1 Å². The Morgan fingerprint density at radius 1 is 1.77 bits per heavy atom. The molecule has 0 amide bonds. The summed E-state index contributed by atoms with van der Waals surface area (Å²) in [5.74, 6) is 1.44. The van der Waals surface area contributed by atoms with Crippen molar-refractivity contribution >= 4 is 17.7 Å². The SMILES string of the molecule is Cn1cnnc1CSCCC(=O)O. The van der Waals surface area contributed by atoms with Gasteiger partial charge >= 0.3 is 5.97 Å². The van der Waals surface area contributed by atoms with Gasteiger partial charge in [0.05, 0.1) is 12.2 Å². The van der Waals surface area contributed by atoms with Crippen molar-refractivity contribution in [3.05, 3.63) is 12.2 Å². The van der Waals surface area contributed by atoms with E-state index in [9.17, 15) is 4.79 Å². The Hall–Kier alpha value is -1.04. The first-order valence-electron chi connectivity index (χ1n) is 3.82. The highest BCUT2D eigenvalue weighted by Crippen LogP contribution is 2.09. The summed E-state index contributed by atoms with van der Waals surface area (Å²) < 4.78 is 1.83. The minimum atomic E-state index is -0.759. The van der Waals surface area contributed by atoms with Gasteiger partial charge in [-0.3, -0.25) is 4.79 Å². The summed E-state index contributed by atoms with van der Waals surface area (Å²) in [6.07, 6.45) is 1.83. The van der Waals surface area contributed by atoms with Crippen LogP contribution in [0.1, 0.15) is 12.2 Å². The summed E-state index contributed by atoms with van der Waals surface area (Å²) in [5, 5.41) is 16.0. The normalized spacial score (nSPS) is 10.2. The van der Waals surface area contributed by atoms with Crippen molar-refractivity contribution in [2.75, 3.05) is 5.75 Å². The molecular weight excluding hydrogens is 190 g/mol. The Bertz CT molecular complexity index is 287. The lowest BCUT2D eigenvalue weighted by Crippen LogP contribution is -1.98. The molecule has 0 aliphatic carbocycles. The molecule has 0 bridgehead atoms. The summed E-state index contributed by atoms with van der Waals surface area (Å²) in [6.45, 7) is 0. The predicted molar refractivity (Wildman–Crippen MR) is 49.4 cm³/mol. The number of aliphatic carboxylic acids is 1. The van der Waals surface area contributed by atoms with E-state index in [1.165, 1.54) is 0 Å². The van der Waals surface area contributed by atoms with Gasteiger partial charge in [0.2, 0.25) is 0 Å². The van der Waals surface area contributed by atoms with Gasteiger partial charge in [-0.25, -0.2) is 0 Å². The molecule has 1 aromatic heterocycles. The van der Waals surface area contributed by atoms with Gasteiger partial charge in [0, 0.05) is 12.8 Å². The van der Waals surface area contributed by atoms with Gasteiger partial charge in [-0.2, -0.15) is 11.8 Å². The quantitative estimate of drug-likeness (QED) is 0.703. The average Bonchev–Trinajstić information content (AvgIpc) is 2.45. The van der Waals surface area contributed by atoms with E-state index in [0.717, 1.165) is 5.82 Å². The highest BCUT2D eigenvalue weighted by atomic mass is 32.2. The van der Waals surface area contributed by atoms with Crippen LogP contribution in [0.2, 0.25) is 0 Å². The molecule has 0 saturated carbocycles. The molecule has 0 atom stereocenters. The average molecular weight is 201 g/mol. The van der Waals surface area contributed by atoms with E-state index in [2.05, 4.69) is 10.2 Å². The van der Waals surface area contributed by atoms with Gasteiger partial charge in [-0.15, -0.1) is 10.2 Å². The molecular formula is C7H11N3O2S. The van der Waals surface area contributed by atoms with E-state index in [4.69, 9.17) is 5.11 Å². The van der Waals surface area contributed by atoms with E-state index in [0.29, 0.717) is 11.5 Å². The number of carboxylic acids is 1. The molecule has 1 heterocycles. The second-order valence-electron chi connectivity index (χ2n) is 2.55. The first-order chi connectivity index (χ1) is 6.20. The van der Waals surface area contributed by atoms with E-state index < -0.39 is 5.97 Å². The summed E-state index contributed by atoms with van der Waals surface area (Å²) in [7, 11) is 1.87. The Morgan fingerprint density at radius 2 is 2.54 bits per heavy atom. The van der Waals surface area contributed by atoms with E-state index in [1.807, 2.05) is 11.6 Å². The van der Waals surface area contributed by atoms with Crippen molar-refractivity contribution in [2.45, 2.75) is 12.2 Å². The van der Waals surface area contributed by atoms with Crippen LogP contribution in [0.3, 0.4) is 0 Å². The van der Waals surface area contributed by atoms with Crippen molar-refractivity contribution in [3.8, 4) is 0 Å². The maximum atomic E-state index is 10.2. The van der Waals surface area contributed by atoms with Crippen LogP contribution in [0.25, 0.3) is 0 Å². The lowest BCUT2D eigenvalue weighted by Gasteiger charge is -1.98. The van der Waals surface area contributed by atoms with Gasteiger partial charge in [-0.1, -0.05) is 0 Å². The van der Waals surface area contributed by atoms with Gasteiger partial charge in [0.1, 0.15) is 12.2 Å².